The van der Waals surface area contributed by atoms with E-state index < -0.39 is 5.97 Å². The molecule has 1 unspecified atom stereocenters. The van der Waals surface area contributed by atoms with Crippen LogP contribution >= 0.6 is 0 Å². The fourth-order valence-electron chi connectivity index (χ4n) is 2.82. The standard InChI is InChI=1S/C13H20O3/c1-10(12(14)15)7-13(8-11-9-16-11)5-3-2-4-6-13/h7,11H,2-6,8-9H2,1H3,(H,14,15). The van der Waals surface area contributed by atoms with Gasteiger partial charge in [-0.2, -0.15) is 0 Å². The minimum absolute atomic E-state index is 0.0991. The Bertz CT molecular complexity index is 296. The van der Waals surface area contributed by atoms with Crippen LogP contribution in [0.3, 0.4) is 0 Å². The van der Waals surface area contributed by atoms with Gasteiger partial charge in [-0.1, -0.05) is 25.3 Å². The lowest BCUT2D eigenvalue weighted by Gasteiger charge is -2.34. The van der Waals surface area contributed by atoms with Crippen LogP contribution in [0.25, 0.3) is 0 Å². The van der Waals surface area contributed by atoms with Gasteiger partial charge >= 0.3 is 5.97 Å². The molecule has 1 aliphatic heterocycles. The first-order chi connectivity index (χ1) is 7.61. The molecule has 1 N–H and O–H groups in total. The molecule has 3 heteroatoms. The van der Waals surface area contributed by atoms with Crippen LogP contribution in [0.4, 0.5) is 0 Å². The maximum absolute atomic E-state index is 10.9. The molecule has 1 aliphatic carbocycles. The molecule has 1 heterocycles. The topological polar surface area (TPSA) is 49.8 Å². The zero-order chi connectivity index (χ0) is 11.6. The van der Waals surface area contributed by atoms with Gasteiger partial charge in [-0.25, -0.2) is 4.79 Å². The largest absolute Gasteiger partial charge is 0.478 e. The van der Waals surface area contributed by atoms with Gasteiger partial charge in [0, 0.05) is 5.57 Å². The lowest BCUT2D eigenvalue weighted by molar-refractivity contribution is -0.132. The molecule has 2 aliphatic rings. The second kappa shape index (κ2) is 4.58. The van der Waals surface area contributed by atoms with Crippen molar-refractivity contribution >= 4 is 5.97 Å². The molecule has 90 valence electrons. The molecule has 0 aromatic rings. The molecule has 2 rings (SSSR count). The molecule has 1 atom stereocenters. The molecule has 0 aromatic heterocycles. The lowest BCUT2D eigenvalue weighted by atomic mass is 9.70. The minimum atomic E-state index is -0.790. The van der Waals surface area contributed by atoms with E-state index in [1.165, 1.54) is 19.3 Å². The zero-order valence-corrected chi connectivity index (χ0v) is 9.87. The number of hydrogen-bond acceptors (Lipinski definition) is 2. The first-order valence-electron chi connectivity index (χ1n) is 6.16. The zero-order valence-electron chi connectivity index (χ0n) is 9.87. The molecule has 1 saturated carbocycles. The molecule has 16 heavy (non-hydrogen) atoms. The molecule has 0 radical (unpaired) electrons. The van der Waals surface area contributed by atoms with Crippen molar-refractivity contribution in [2.45, 2.75) is 51.6 Å². The number of carbonyl (C=O) groups is 1. The smallest absolute Gasteiger partial charge is 0.330 e. The molecule has 2 fully saturated rings. The average molecular weight is 224 g/mol. The van der Waals surface area contributed by atoms with E-state index in [-0.39, 0.29) is 5.41 Å². The van der Waals surface area contributed by atoms with E-state index in [0.717, 1.165) is 25.9 Å². The Morgan fingerprint density at radius 1 is 1.44 bits per heavy atom. The highest BCUT2D eigenvalue weighted by Gasteiger charge is 2.37. The third-order valence-electron chi connectivity index (χ3n) is 3.75. The van der Waals surface area contributed by atoms with Crippen LogP contribution in [0.15, 0.2) is 11.6 Å². The molecule has 0 bridgehead atoms. The fraction of sp³-hybridized carbons (Fsp3) is 0.769. The second-order valence-electron chi connectivity index (χ2n) is 5.22. The van der Waals surface area contributed by atoms with Gasteiger partial charge in [0.2, 0.25) is 0 Å². The Balaban J connectivity index is 2.11. The summed E-state index contributed by atoms with van der Waals surface area (Å²) in [5, 5.41) is 8.98. The van der Waals surface area contributed by atoms with E-state index in [9.17, 15) is 4.79 Å². The molecule has 0 aromatic carbocycles. The summed E-state index contributed by atoms with van der Waals surface area (Å²) < 4.78 is 5.30. The Labute approximate surface area is 96.5 Å². The van der Waals surface area contributed by atoms with Crippen molar-refractivity contribution in [2.24, 2.45) is 5.41 Å². The minimum Gasteiger partial charge on any atom is -0.478 e. The first-order valence-corrected chi connectivity index (χ1v) is 6.16. The van der Waals surface area contributed by atoms with Crippen LogP contribution in [-0.2, 0) is 9.53 Å². The molecule has 1 saturated heterocycles. The summed E-state index contributed by atoms with van der Waals surface area (Å²) in [6.45, 7) is 2.56. The third kappa shape index (κ3) is 2.85. The predicted molar refractivity (Wildman–Crippen MR) is 61.3 cm³/mol. The van der Waals surface area contributed by atoms with Crippen LogP contribution in [0.2, 0.25) is 0 Å². The number of ether oxygens (including phenoxy) is 1. The van der Waals surface area contributed by atoms with Crippen molar-refractivity contribution in [1.82, 2.24) is 0 Å². The number of rotatable bonds is 4. The third-order valence-corrected chi connectivity index (χ3v) is 3.75. The van der Waals surface area contributed by atoms with Gasteiger partial charge in [-0.05, 0) is 31.6 Å². The second-order valence-corrected chi connectivity index (χ2v) is 5.22. The van der Waals surface area contributed by atoms with E-state index >= 15 is 0 Å². The van der Waals surface area contributed by atoms with Crippen molar-refractivity contribution in [1.29, 1.82) is 0 Å². The van der Waals surface area contributed by atoms with Gasteiger partial charge < -0.3 is 9.84 Å². The summed E-state index contributed by atoms with van der Waals surface area (Å²) >= 11 is 0. The summed E-state index contributed by atoms with van der Waals surface area (Å²) in [7, 11) is 0. The van der Waals surface area contributed by atoms with E-state index in [2.05, 4.69) is 0 Å². The highest BCUT2D eigenvalue weighted by Crippen LogP contribution is 2.44. The van der Waals surface area contributed by atoms with E-state index in [4.69, 9.17) is 9.84 Å². The van der Waals surface area contributed by atoms with Gasteiger partial charge in [0.05, 0.1) is 12.7 Å². The number of carboxylic acid groups (broad SMARTS) is 1. The molecule has 3 nitrogen and oxygen atoms in total. The fourth-order valence-corrected chi connectivity index (χ4v) is 2.82. The van der Waals surface area contributed by atoms with Crippen molar-refractivity contribution in [3.8, 4) is 0 Å². The molecule has 0 amide bonds. The SMILES string of the molecule is CC(=CC1(CC2CO2)CCCCC1)C(=O)O. The number of hydrogen-bond donors (Lipinski definition) is 1. The maximum atomic E-state index is 10.9. The number of carboxylic acids is 1. The summed E-state index contributed by atoms with van der Waals surface area (Å²) in [6.07, 6.45) is 9.36. The highest BCUT2D eigenvalue weighted by atomic mass is 16.6. The van der Waals surface area contributed by atoms with Gasteiger partial charge in [0.1, 0.15) is 0 Å². The summed E-state index contributed by atoms with van der Waals surface area (Å²) in [5.41, 5.74) is 0.588. The van der Waals surface area contributed by atoms with Gasteiger partial charge in [0.15, 0.2) is 0 Å². The van der Waals surface area contributed by atoms with Crippen LogP contribution in [0, 0.1) is 5.41 Å². The average Bonchev–Trinajstić information content (AvgIpc) is 3.02. The van der Waals surface area contributed by atoms with Crippen LogP contribution in [0.1, 0.15) is 45.4 Å². The summed E-state index contributed by atoms with van der Waals surface area (Å²) in [4.78, 5) is 10.9. The van der Waals surface area contributed by atoms with Gasteiger partial charge in [-0.15, -0.1) is 0 Å². The predicted octanol–water partition coefficient (Wildman–Crippen LogP) is 2.76. The van der Waals surface area contributed by atoms with Crippen molar-refractivity contribution in [3.63, 3.8) is 0 Å². The number of aliphatic carboxylic acids is 1. The summed E-state index contributed by atoms with van der Waals surface area (Å²) in [6, 6.07) is 0. The lowest BCUT2D eigenvalue weighted by Crippen LogP contribution is -2.25. The van der Waals surface area contributed by atoms with E-state index in [1.807, 2.05) is 6.08 Å². The molecular weight excluding hydrogens is 204 g/mol. The Morgan fingerprint density at radius 3 is 2.56 bits per heavy atom. The monoisotopic (exact) mass is 224 g/mol. The highest BCUT2D eigenvalue weighted by molar-refractivity contribution is 5.85. The Hall–Kier alpha value is -0.830. The first kappa shape index (κ1) is 11.6. The van der Waals surface area contributed by atoms with Crippen molar-refractivity contribution in [2.75, 3.05) is 6.61 Å². The van der Waals surface area contributed by atoms with Crippen LogP contribution in [-0.4, -0.2) is 23.8 Å². The normalized spacial score (nSPS) is 28.8. The van der Waals surface area contributed by atoms with Crippen molar-refractivity contribution < 1.29 is 14.6 Å². The van der Waals surface area contributed by atoms with Gasteiger partial charge in [-0.3, -0.25) is 0 Å². The summed E-state index contributed by atoms with van der Waals surface area (Å²) in [5.74, 6) is -0.790. The number of epoxide rings is 1. The number of allylic oxidation sites excluding steroid dienone is 1. The molecule has 0 spiro atoms. The van der Waals surface area contributed by atoms with Crippen molar-refractivity contribution in [3.05, 3.63) is 11.6 Å². The van der Waals surface area contributed by atoms with E-state index in [1.54, 1.807) is 6.92 Å². The Morgan fingerprint density at radius 2 is 2.06 bits per heavy atom. The Kier molecular flexibility index (Phi) is 3.33. The molecular formula is C13H20O3. The van der Waals surface area contributed by atoms with Crippen LogP contribution < -0.4 is 0 Å². The van der Waals surface area contributed by atoms with Crippen LogP contribution in [0.5, 0.6) is 0 Å². The van der Waals surface area contributed by atoms with E-state index in [0.29, 0.717) is 11.7 Å². The quantitative estimate of drug-likeness (QED) is 0.590. The maximum Gasteiger partial charge on any atom is 0.330 e. The van der Waals surface area contributed by atoms with Gasteiger partial charge in [0.25, 0.3) is 0 Å².